The van der Waals surface area contributed by atoms with Crippen molar-refractivity contribution < 1.29 is 9.72 Å². The minimum atomic E-state index is -0.455. The molecular formula is C19H22N2O3. The van der Waals surface area contributed by atoms with Gasteiger partial charge in [-0.15, -0.1) is 0 Å². The summed E-state index contributed by atoms with van der Waals surface area (Å²) in [5, 5.41) is 14.0. The molecule has 2 aromatic carbocycles. The van der Waals surface area contributed by atoms with Crippen molar-refractivity contribution in [2.24, 2.45) is 0 Å². The predicted molar refractivity (Wildman–Crippen MR) is 93.9 cm³/mol. The van der Waals surface area contributed by atoms with Gasteiger partial charge in [0.15, 0.2) is 0 Å². The van der Waals surface area contributed by atoms with Crippen molar-refractivity contribution in [3.8, 4) is 0 Å². The van der Waals surface area contributed by atoms with E-state index in [0.29, 0.717) is 5.56 Å². The van der Waals surface area contributed by atoms with Gasteiger partial charge >= 0.3 is 0 Å². The number of aryl methyl sites for hydroxylation is 2. The van der Waals surface area contributed by atoms with E-state index in [1.807, 2.05) is 32.9 Å². The lowest BCUT2D eigenvalue weighted by Crippen LogP contribution is -2.29. The van der Waals surface area contributed by atoms with E-state index in [-0.39, 0.29) is 24.1 Å². The SMILES string of the molecule is CC[C@H](NC(=O)Cc1ccccc1[N+](=O)[O-])c1ccc(C)c(C)c1. The first-order chi connectivity index (χ1) is 11.4. The summed E-state index contributed by atoms with van der Waals surface area (Å²) in [4.78, 5) is 22.9. The Hall–Kier alpha value is -2.69. The summed E-state index contributed by atoms with van der Waals surface area (Å²) in [6, 6.07) is 12.4. The molecule has 0 aromatic heterocycles. The average Bonchev–Trinajstić information content (AvgIpc) is 2.55. The van der Waals surface area contributed by atoms with Crippen LogP contribution >= 0.6 is 0 Å². The summed E-state index contributed by atoms with van der Waals surface area (Å²) >= 11 is 0. The van der Waals surface area contributed by atoms with E-state index in [9.17, 15) is 14.9 Å². The van der Waals surface area contributed by atoms with Gasteiger partial charge in [0.25, 0.3) is 5.69 Å². The summed E-state index contributed by atoms with van der Waals surface area (Å²) in [5.74, 6) is -0.214. The van der Waals surface area contributed by atoms with E-state index in [1.165, 1.54) is 17.2 Å². The van der Waals surface area contributed by atoms with Gasteiger partial charge in [-0.05, 0) is 37.0 Å². The van der Waals surface area contributed by atoms with Gasteiger partial charge in [0.1, 0.15) is 0 Å². The lowest BCUT2D eigenvalue weighted by Gasteiger charge is -2.18. The maximum atomic E-state index is 12.3. The van der Waals surface area contributed by atoms with Crippen molar-refractivity contribution in [3.63, 3.8) is 0 Å². The largest absolute Gasteiger partial charge is 0.349 e. The van der Waals surface area contributed by atoms with E-state index in [1.54, 1.807) is 18.2 Å². The molecule has 0 saturated heterocycles. The van der Waals surface area contributed by atoms with Crippen LogP contribution in [0, 0.1) is 24.0 Å². The lowest BCUT2D eigenvalue weighted by atomic mass is 9.99. The standard InChI is InChI=1S/C19H22N2O3/c1-4-17(15-10-9-13(2)14(3)11-15)20-19(22)12-16-7-5-6-8-18(16)21(23)24/h5-11,17H,4,12H2,1-3H3,(H,20,22)/t17-/m0/s1. The van der Waals surface area contributed by atoms with Crippen molar-refractivity contribution in [1.29, 1.82) is 0 Å². The van der Waals surface area contributed by atoms with Crippen molar-refractivity contribution in [2.45, 2.75) is 39.7 Å². The molecule has 2 rings (SSSR count). The zero-order valence-corrected chi connectivity index (χ0v) is 14.2. The summed E-state index contributed by atoms with van der Waals surface area (Å²) < 4.78 is 0. The number of carbonyl (C=O) groups is 1. The van der Waals surface area contributed by atoms with E-state index in [0.717, 1.165) is 12.0 Å². The van der Waals surface area contributed by atoms with Gasteiger partial charge in [0.05, 0.1) is 17.4 Å². The highest BCUT2D eigenvalue weighted by molar-refractivity contribution is 5.80. The van der Waals surface area contributed by atoms with Crippen molar-refractivity contribution >= 4 is 11.6 Å². The molecule has 0 aliphatic carbocycles. The van der Waals surface area contributed by atoms with Crippen LogP contribution in [0.15, 0.2) is 42.5 Å². The summed E-state index contributed by atoms with van der Waals surface area (Å²) in [6.07, 6.45) is 0.754. The van der Waals surface area contributed by atoms with E-state index < -0.39 is 4.92 Å². The summed E-state index contributed by atoms with van der Waals surface area (Å²) in [7, 11) is 0. The molecule has 0 unspecified atom stereocenters. The Bertz CT molecular complexity index is 756. The molecule has 5 heteroatoms. The second kappa shape index (κ2) is 7.73. The lowest BCUT2D eigenvalue weighted by molar-refractivity contribution is -0.385. The van der Waals surface area contributed by atoms with Crippen LogP contribution in [0.1, 0.15) is 41.6 Å². The second-order valence-electron chi connectivity index (χ2n) is 5.93. The topological polar surface area (TPSA) is 72.2 Å². The van der Waals surface area contributed by atoms with E-state index in [2.05, 4.69) is 11.4 Å². The maximum absolute atomic E-state index is 12.3. The summed E-state index contributed by atoms with van der Waals surface area (Å²) in [6.45, 7) is 6.10. The number of carbonyl (C=O) groups excluding carboxylic acids is 1. The first-order valence-electron chi connectivity index (χ1n) is 8.01. The fourth-order valence-corrected chi connectivity index (χ4v) is 2.66. The number of hydrogen-bond donors (Lipinski definition) is 1. The molecule has 0 heterocycles. The van der Waals surface area contributed by atoms with Gasteiger partial charge in [-0.2, -0.15) is 0 Å². The molecule has 0 bridgehead atoms. The van der Waals surface area contributed by atoms with Gasteiger partial charge in [-0.1, -0.05) is 43.3 Å². The van der Waals surface area contributed by atoms with Crippen LogP contribution < -0.4 is 5.32 Å². The average molecular weight is 326 g/mol. The molecule has 2 aromatic rings. The Kier molecular flexibility index (Phi) is 5.68. The van der Waals surface area contributed by atoms with E-state index in [4.69, 9.17) is 0 Å². The van der Waals surface area contributed by atoms with Crippen LogP contribution in [0.3, 0.4) is 0 Å². The number of nitrogens with zero attached hydrogens (tertiary/aromatic N) is 1. The van der Waals surface area contributed by atoms with Gasteiger partial charge in [-0.3, -0.25) is 14.9 Å². The predicted octanol–water partition coefficient (Wildman–Crippen LogP) is 4.02. The number of para-hydroxylation sites is 1. The smallest absolute Gasteiger partial charge is 0.273 e. The van der Waals surface area contributed by atoms with E-state index >= 15 is 0 Å². The Labute approximate surface area is 141 Å². The normalized spacial score (nSPS) is 11.8. The molecule has 1 atom stereocenters. The highest BCUT2D eigenvalue weighted by Crippen LogP contribution is 2.21. The molecule has 5 nitrogen and oxygen atoms in total. The van der Waals surface area contributed by atoms with Crippen molar-refractivity contribution in [3.05, 3.63) is 74.8 Å². The number of hydrogen-bond acceptors (Lipinski definition) is 3. The molecule has 0 aliphatic rings. The van der Waals surface area contributed by atoms with Crippen molar-refractivity contribution in [1.82, 2.24) is 5.32 Å². The van der Waals surface area contributed by atoms with Crippen LogP contribution in [-0.2, 0) is 11.2 Å². The molecule has 24 heavy (non-hydrogen) atoms. The molecular weight excluding hydrogens is 304 g/mol. The van der Waals surface area contributed by atoms with Gasteiger partial charge in [0.2, 0.25) is 5.91 Å². The highest BCUT2D eigenvalue weighted by Gasteiger charge is 2.18. The van der Waals surface area contributed by atoms with Crippen LogP contribution in [-0.4, -0.2) is 10.8 Å². The van der Waals surface area contributed by atoms with Crippen LogP contribution in [0.25, 0.3) is 0 Å². The minimum Gasteiger partial charge on any atom is -0.349 e. The minimum absolute atomic E-state index is 0.00149. The third kappa shape index (κ3) is 4.19. The second-order valence-corrected chi connectivity index (χ2v) is 5.93. The fourth-order valence-electron chi connectivity index (χ4n) is 2.66. The van der Waals surface area contributed by atoms with Crippen LogP contribution in [0.5, 0.6) is 0 Å². The fraction of sp³-hybridized carbons (Fsp3) is 0.316. The Morgan fingerprint density at radius 1 is 1.17 bits per heavy atom. The van der Waals surface area contributed by atoms with Gasteiger partial charge < -0.3 is 5.32 Å². The third-order valence-electron chi connectivity index (χ3n) is 4.22. The number of nitrogens with one attached hydrogen (secondary N) is 1. The van der Waals surface area contributed by atoms with Crippen LogP contribution in [0.2, 0.25) is 0 Å². The number of amides is 1. The van der Waals surface area contributed by atoms with Gasteiger partial charge in [0, 0.05) is 11.6 Å². The monoisotopic (exact) mass is 326 g/mol. The van der Waals surface area contributed by atoms with Gasteiger partial charge in [-0.25, -0.2) is 0 Å². The third-order valence-corrected chi connectivity index (χ3v) is 4.22. The highest BCUT2D eigenvalue weighted by atomic mass is 16.6. The Morgan fingerprint density at radius 3 is 2.50 bits per heavy atom. The van der Waals surface area contributed by atoms with Crippen molar-refractivity contribution in [2.75, 3.05) is 0 Å². The molecule has 0 spiro atoms. The Balaban J connectivity index is 2.13. The molecule has 0 radical (unpaired) electrons. The zero-order valence-electron chi connectivity index (χ0n) is 14.2. The molecule has 0 fully saturated rings. The Morgan fingerprint density at radius 2 is 1.88 bits per heavy atom. The number of benzene rings is 2. The number of rotatable bonds is 6. The maximum Gasteiger partial charge on any atom is 0.273 e. The molecule has 126 valence electrons. The molecule has 1 N–H and O–H groups in total. The number of nitro benzene ring substituents is 1. The number of nitro groups is 1. The first kappa shape index (κ1) is 17.7. The summed E-state index contributed by atoms with van der Waals surface area (Å²) in [5.41, 5.74) is 3.84. The quantitative estimate of drug-likeness (QED) is 0.643. The zero-order chi connectivity index (χ0) is 17.7. The molecule has 0 aliphatic heterocycles. The van der Waals surface area contributed by atoms with Crippen LogP contribution in [0.4, 0.5) is 5.69 Å². The molecule has 1 amide bonds. The molecule has 0 saturated carbocycles. The first-order valence-corrected chi connectivity index (χ1v) is 8.01.